The quantitative estimate of drug-likeness (QED) is 0.604. The molecule has 1 fully saturated rings. The first-order valence-electron chi connectivity index (χ1n) is 5.18. The average molecular weight is 179 g/mol. The molecule has 2 aliphatic rings. The maximum Gasteiger partial charge on any atom is 0.0509 e. The summed E-state index contributed by atoms with van der Waals surface area (Å²) in [6, 6.07) is 0.489. The summed E-state index contributed by atoms with van der Waals surface area (Å²) in [6.45, 7) is 4.00. The summed E-state index contributed by atoms with van der Waals surface area (Å²) in [5, 5.41) is 0. The molecule has 2 aliphatic heterocycles. The normalized spacial score (nSPS) is 30.2. The first kappa shape index (κ1) is 8.95. The Bertz CT molecular complexity index is 226. The molecule has 0 aromatic heterocycles. The van der Waals surface area contributed by atoms with E-state index in [2.05, 4.69) is 24.1 Å². The number of hydrogen-bond acceptors (Lipinski definition) is 2. The fourth-order valence-corrected chi connectivity index (χ4v) is 1.97. The van der Waals surface area contributed by atoms with Gasteiger partial charge in [0, 0.05) is 24.8 Å². The molecule has 0 saturated carbocycles. The van der Waals surface area contributed by atoms with Crippen LogP contribution in [0.3, 0.4) is 0 Å². The van der Waals surface area contributed by atoms with Gasteiger partial charge in [-0.1, -0.05) is 6.08 Å². The minimum atomic E-state index is 0.489. The van der Waals surface area contributed by atoms with Crippen molar-refractivity contribution < 1.29 is 4.74 Å². The van der Waals surface area contributed by atoms with Gasteiger partial charge in [0.15, 0.2) is 0 Å². The van der Waals surface area contributed by atoms with Gasteiger partial charge in [0.25, 0.3) is 0 Å². The lowest BCUT2D eigenvalue weighted by molar-refractivity contribution is 0.0828. The third-order valence-corrected chi connectivity index (χ3v) is 2.77. The fourth-order valence-electron chi connectivity index (χ4n) is 1.97. The molecule has 72 valence electrons. The second kappa shape index (κ2) is 4.05. The minimum Gasteiger partial charge on any atom is -0.381 e. The van der Waals surface area contributed by atoms with E-state index in [9.17, 15) is 0 Å². The van der Waals surface area contributed by atoms with Gasteiger partial charge in [0.1, 0.15) is 0 Å². The van der Waals surface area contributed by atoms with E-state index in [0.717, 1.165) is 32.5 Å². The molecule has 0 amide bonds. The van der Waals surface area contributed by atoms with Crippen LogP contribution in [0.4, 0.5) is 0 Å². The zero-order chi connectivity index (χ0) is 9.10. The third kappa shape index (κ3) is 2.19. The summed E-state index contributed by atoms with van der Waals surface area (Å²) < 4.78 is 5.34. The van der Waals surface area contributed by atoms with Gasteiger partial charge < -0.3 is 4.74 Å². The Hall–Kier alpha value is -0.630. The van der Waals surface area contributed by atoms with Crippen LogP contribution >= 0.6 is 0 Å². The minimum absolute atomic E-state index is 0.489. The molecule has 0 aromatic rings. The van der Waals surface area contributed by atoms with Gasteiger partial charge >= 0.3 is 0 Å². The van der Waals surface area contributed by atoms with Crippen molar-refractivity contribution >= 4 is 5.71 Å². The van der Waals surface area contributed by atoms with Crippen molar-refractivity contribution in [2.75, 3.05) is 13.2 Å². The van der Waals surface area contributed by atoms with Gasteiger partial charge in [0.2, 0.25) is 0 Å². The van der Waals surface area contributed by atoms with Crippen molar-refractivity contribution in [3.63, 3.8) is 0 Å². The summed E-state index contributed by atoms with van der Waals surface area (Å²) in [5.74, 6) is 0.660. The SMILES string of the molecule is C[C@H]1CC=CC(C2CCOCC2)=N1. The van der Waals surface area contributed by atoms with Crippen molar-refractivity contribution in [1.29, 1.82) is 0 Å². The highest BCUT2D eigenvalue weighted by Gasteiger charge is 2.19. The van der Waals surface area contributed by atoms with Crippen molar-refractivity contribution in [2.45, 2.75) is 32.2 Å². The van der Waals surface area contributed by atoms with E-state index in [-0.39, 0.29) is 0 Å². The van der Waals surface area contributed by atoms with Crippen LogP contribution in [0, 0.1) is 5.92 Å². The van der Waals surface area contributed by atoms with E-state index >= 15 is 0 Å². The van der Waals surface area contributed by atoms with Crippen LogP contribution in [0.5, 0.6) is 0 Å². The van der Waals surface area contributed by atoms with Crippen LogP contribution in [0.1, 0.15) is 26.2 Å². The Kier molecular flexibility index (Phi) is 2.79. The Morgan fingerprint density at radius 2 is 2.15 bits per heavy atom. The van der Waals surface area contributed by atoms with E-state index in [1.165, 1.54) is 5.71 Å². The van der Waals surface area contributed by atoms with Gasteiger partial charge in [0.05, 0.1) is 6.04 Å². The molecule has 0 aromatic carbocycles. The van der Waals surface area contributed by atoms with Gasteiger partial charge in [-0.05, 0) is 32.3 Å². The zero-order valence-corrected chi connectivity index (χ0v) is 8.20. The molecule has 2 nitrogen and oxygen atoms in total. The first-order chi connectivity index (χ1) is 6.36. The molecule has 1 saturated heterocycles. The van der Waals surface area contributed by atoms with Crippen molar-refractivity contribution in [3.8, 4) is 0 Å². The second-order valence-electron chi connectivity index (χ2n) is 3.93. The monoisotopic (exact) mass is 179 g/mol. The van der Waals surface area contributed by atoms with Gasteiger partial charge in [-0.2, -0.15) is 0 Å². The standard InChI is InChI=1S/C11H17NO/c1-9-3-2-4-11(12-9)10-5-7-13-8-6-10/h2,4,9-10H,3,5-8H2,1H3/t9-/m0/s1. The van der Waals surface area contributed by atoms with Crippen LogP contribution in [0.15, 0.2) is 17.1 Å². The van der Waals surface area contributed by atoms with Crippen LogP contribution in [-0.2, 0) is 4.74 Å². The summed E-state index contributed by atoms with van der Waals surface area (Å²) in [5.41, 5.74) is 1.31. The Morgan fingerprint density at radius 3 is 2.85 bits per heavy atom. The zero-order valence-electron chi connectivity index (χ0n) is 8.20. The topological polar surface area (TPSA) is 21.6 Å². The summed E-state index contributed by atoms with van der Waals surface area (Å²) in [7, 11) is 0. The van der Waals surface area contributed by atoms with Gasteiger partial charge in [-0.25, -0.2) is 0 Å². The molecule has 1 atom stereocenters. The van der Waals surface area contributed by atoms with E-state index in [1.807, 2.05) is 0 Å². The molecule has 13 heavy (non-hydrogen) atoms. The number of dihydropyridines is 1. The lowest BCUT2D eigenvalue weighted by atomic mass is 9.92. The molecule has 0 aliphatic carbocycles. The average Bonchev–Trinajstić information content (AvgIpc) is 2.19. The summed E-state index contributed by atoms with van der Waals surface area (Å²) >= 11 is 0. The maximum atomic E-state index is 5.34. The molecular formula is C11H17NO. The highest BCUT2D eigenvalue weighted by Crippen LogP contribution is 2.20. The highest BCUT2D eigenvalue weighted by molar-refractivity contribution is 5.97. The van der Waals surface area contributed by atoms with Crippen molar-refractivity contribution in [2.24, 2.45) is 10.9 Å². The van der Waals surface area contributed by atoms with E-state index in [4.69, 9.17) is 4.74 Å². The highest BCUT2D eigenvalue weighted by atomic mass is 16.5. The lowest BCUT2D eigenvalue weighted by Gasteiger charge is -2.24. The molecule has 0 N–H and O–H groups in total. The molecule has 0 bridgehead atoms. The van der Waals surface area contributed by atoms with E-state index in [1.54, 1.807) is 0 Å². The van der Waals surface area contributed by atoms with Gasteiger partial charge in [-0.3, -0.25) is 4.99 Å². The van der Waals surface area contributed by atoms with Gasteiger partial charge in [-0.15, -0.1) is 0 Å². The van der Waals surface area contributed by atoms with E-state index in [0.29, 0.717) is 12.0 Å². The maximum absolute atomic E-state index is 5.34. The number of hydrogen-bond donors (Lipinski definition) is 0. The number of aliphatic imine (C=N–C) groups is 1. The number of ether oxygens (including phenoxy) is 1. The Balaban J connectivity index is 2.02. The first-order valence-corrected chi connectivity index (χ1v) is 5.18. The van der Waals surface area contributed by atoms with Crippen LogP contribution in [0.2, 0.25) is 0 Å². The van der Waals surface area contributed by atoms with Crippen molar-refractivity contribution in [1.82, 2.24) is 0 Å². The van der Waals surface area contributed by atoms with Crippen LogP contribution in [-0.4, -0.2) is 25.0 Å². The molecule has 0 unspecified atom stereocenters. The lowest BCUT2D eigenvalue weighted by Crippen LogP contribution is -2.24. The summed E-state index contributed by atoms with van der Waals surface area (Å²) in [6.07, 6.45) is 7.86. The van der Waals surface area contributed by atoms with Crippen LogP contribution < -0.4 is 0 Å². The summed E-state index contributed by atoms with van der Waals surface area (Å²) in [4.78, 5) is 4.68. The fraction of sp³-hybridized carbons (Fsp3) is 0.727. The largest absolute Gasteiger partial charge is 0.381 e. The molecule has 2 heteroatoms. The smallest absolute Gasteiger partial charge is 0.0509 e. The number of nitrogens with zero attached hydrogens (tertiary/aromatic N) is 1. The number of allylic oxidation sites excluding steroid dienone is 1. The predicted molar refractivity (Wildman–Crippen MR) is 54.2 cm³/mol. The third-order valence-electron chi connectivity index (χ3n) is 2.77. The molecule has 0 spiro atoms. The van der Waals surface area contributed by atoms with E-state index < -0.39 is 0 Å². The number of rotatable bonds is 1. The predicted octanol–water partition coefficient (Wildman–Crippen LogP) is 2.20. The van der Waals surface area contributed by atoms with Crippen LogP contribution in [0.25, 0.3) is 0 Å². The second-order valence-corrected chi connectivity index (χ2v) is 3.93. The van der Waals surface area contributed by atoms with Crippen molar-refractivity contribution in [3.05, 3.63) is 12.2 Å². The molecule has 2 rings (SSSR count). The Labute approximate surface area is 79.7 Å². The Morgan fingerprint density at radius 1 is 1.38 bits per heavy atom. The molecule has 0 radical (unpaired) electrons. The molecular weight excluding hydrogens is 162 g/mol. The molecule has 2 heterocycles.